The topological polar surface area (TPSA) is 135 Å². The van der Waals surface area contributed by atoms with E-state index in [2.05, 4.69) is 20.6 Å². The number of fused-ring (bicyclic) bond motifs is 1. The average molecular weight is 473 g/mol. The third-order valence-corrected chi connectivity index (χ3v) is 5.43. The number of carbonyl (C=O) groups excluding carboxylic acids is 3. The van der Waals surface area contributed by atoms with Gasteiger partial charge >= 0.3 is 0 Å². The third kappa shape index (κ3) is 5.53. The fraction of sp³-hybridized carbons (Fsp3) is 0.250. The highest BCUT2D eigenvalue weighted by molar-refractivity contribution is 7.24. The number of anilines is 2. The van der Waals surface area contributed by atoms with Crippen molar-refractivity contribution in [2.75, 3.05) is 17.1 Å². The Morgan fingerprint density at radius 3 is 2.74 bits per heavy atom. The quantitative estimate of drug-likeness (QED) is 0.291. The molecule has 2 heterocycles. The zero-order valence-electron chi connectivity index (χ0n) is 18.1. The Morgan fingerprint density at radius 2 is 2.06 bits per heavy atom. The largest absolute Gasteiger partial charge is 0.441 e. The number of pyridine rings is 1. The summed E-state index contributed by atoms with van der Waals surface area (Å²) < 4.78 is 1.42. The molecular weight excluding hydrogens is 454 g/mol. The van der Waals surface area contributed by atoms with E-state index in [9.17, 15) is 14.4 Å². The number of aromatic nitrogens is 3. The first-order valence-corrected chi connectivity index (χ1v) is 10.9. The monoisotopic (exact) mass is 473 g/mol. The number of hydrogen-bond acceptors (Lipinski definition) is 6. The molecule has 4 radical (unpaired) electrons. The lowest BCUT2D eigenvalue weighted by molar-refractivity contribution is -0.135. The number of rotatable bonds is 10. The van der Waals surface area contributed by atoms with Crippen molar-refractivity contribution in [2.24, 2.45) is 5.73 Å². The summed E-state index contributed by atoms with van der Waals surface area (Å²) in [6.45, 7) is -0.313. The number of nitrogens with two attached hydrogens (primary N) is 1. The minimum Gasteiger partial charge on any atom is -0.441 e. The second-order valence-electron chi connectivity index (χ2n) is 7.75. The minimum atomic E-state index is -0.703. The van der Waals surface area contributed by atoms with Gasteiger partial charge in [-0.15, -0.1) is 0 Å². The number of carbonyl (C=O) groups is 3. The number of benzene rings is 1. The molecule has 10 nitrogen and oxygen atoms in total. The van der Waals surface area contributed by atoms with Gasteiger partial charge in [0.1, 0.15) is 24.1 Å². The van der Waals surface area contributed by atoms with Crippen LogP contribution in [-0.2, 0) is 16.1 Å². The van der Waals surface area contributed by atoms with E-state index in [0.717, 1.165) is 12.8 Å². The highest BCUT2D eigenvalue weighted by Gasteiger charge is 2.34. The van der Waals surface area contributed by atoms with Gasteiger partial charge < -0.3 is 21.2 Å². The van der Waals surface area contributed by atoms with E-state index in [1.165, 1.54) is 16.6 Å². The first-order chi connectivity index (χ1) is 16.4. The van der Waals surface area contributed by atoms with Crippen LogP contribution in [0.1, 0.15) is 23.3 Å². The zero-order chi connectivity index (χ0) is 24.2. The van der Waals surface area contributed by atoms with Crippen molar-refractivity contribution in [1.82, 2.24) is 19.7 Å². The molecule has 34 heavy (non-hydrogen) atoms. The van der Waals surface area contributed by atoms with Gasteiger partial charge in [-0.2, -0.15) is 5.10 Å². The Bertz CT molecular complexity index is 1250. The molecule has 3 aromatic rings. The summed E-state index contributed by atoms with van der Waals surface area (Å²) in [5.74, 6) is -1.10. The lowest BCUT2D eigenvalue weighted by atomic mass is 9.33. The Hall–Kier alpha value is -3.47. The van der Waals surface area contributed by atoms with Crippen molar-refractivity contribution in [3.8, 4) is 0 Å². The van der Waals surface area contributed by atoms with Crippen LogP contribution in [0.2, 0.25) is 5.15 Å². The van der Waals surface area contributed by atoms with Crippen LogP contribution in [0.3, 0.4) is 0 Å². The number of hydrogen-bond donors (Lipinski definition) is 3. The summed E-state index contributed by atoms with van der Waals surface area (Å²) in [4.78, 5) is 43.2. The Labute approximate surface area is 203 Å². The van der Waals surface area contributed by atoms with Crippen LogP contribution in [0.15, 0.2) is 36.4 Å². The molecule has 0 spiro atoms. The average Bonchev–Trinajstić information content (AvgIpc) is 3.58. The molecule has 0 bridgehead atoms. The zero-order valence-corrected chi connectivity index (χ0v) is 18.8. The molecule has 3 amide bonds. The highest BCUT2D eigenvalue weighted by Crippen LogP contribution is 2.28. The van der Waals surface area contributed by atoms with Gasteiger partial charge in [-0.05, 0) is 43.2 Å². The molecule has 1 fully saturated rings. The number of halogens is 1. The van der Waals surface area contributed by atoms with Crippen LogP contribution >= 0.6 is 11.6 Å². The van der Waals surface area contributed by atoms with E-state index in [1.54, 1.807) is 43.7 Å². The predicted molar refractivity (Wildman–Crippen MR) is 132 cm³/mol. The normalized spacial score (nSPS) is 12.7. The molecule has 2 aromatic heterocycles. The molecule has 0 unspecified atom stereocenters. The van der Waals surface area contributed by atoms with Gasteiger partial charge in [0.25, 0.3) is 5.91 Å². The molecule has 0 atom stereocenters. The first-order valence-electron chi connectivity index (χ1n) is 10.5. The van der Waals surface area contributed by atoms with Gasteiger partial charge in [0.15, 0.2) is 13.0 Å². The molecule has 168 valence electrons. The van der Waals surface area contributed by atoms with E-state index in [1.807, 2.05) is 0 Å². The summed E-state index contributed by atoms with van der Waals surface area (Å²) in [7, 11) is 8.27. The SMILES string of the molecule is [B][B][B]Nc1ccc2c(C(N)=O)nn(CC(=O)N(CC(=O)Nc3cccc(Cl)n3)C3CC3)c2c1. The van der Waals surface area contributed by atoms with Crippen LogP contribution in [0.4, 0.5) is 11.5 Å². The maximum atomic E-state index is 13.2. The molecule has 1 aliphatic carbocycles. The van der Waals surface area contributed by atoms with E-state index in [0.29, 0.717) is 22.4 Å². The molecular formula is C20H19B3ClN7O3. The van der Waals surface area contributed by atoms with E-state index in [4.69, 9.17) is 25.1 Å². The summed E-state index contributed by atoms with van der Waals surface area (Å²) in [6.07, 6.45) is 1.61. The maximum Gasteiger partial charge on any atom is 0.269 e. The second kappa shape index (κ2) is 10.2. The summed E-state index contributed by atoms with van der Waals surface area (Å²) in [6, 6.07) is 10.0. The van der Waals surface area contributed by atoms with Crippen LogP contribution in [0.25, 0.3) is 10.9 Å². The number of amides is 3. The van der Waals surface area contributed by atoms with Crippen molar-refractivity contribution in [3.63, 3.8) is 0 Å². The maximum absolute atomic E-state index is 13.2. The van der Waals surface area contributed by atoms with E-state index >= 15 is 0 Å². The number of nitrogens with zero attached hydrogens (tertiary/aromatic N) is 4. The summed E-state index contributed by atoms with van der Waals surface area (Å²) >= 11 is 5.86. The molecule has 4 N–H and O–H groups in total. The van der Waals surface area contributed by atoms with E-state index in [-0.39, 0.29) is 35.9 Å². The smallest absolute Gasteiger partial charge is 0.269 e. The number of nitrogens with one attached hydrogen (secondary N) is 2. The molecule has 1 saturated carbocycles. The van der Waals surface area contributed by atoms with E-state index < -0.39 is 11.8 Å². The lowest BCUT2D eigenvalue weighted by Gasteiger charge is -2.22. The first kappa shape index (κ1) is 23.7. The van der Waals surface area contributed by atoms with Crippen LogP contribution in [-0.4, -0.2) is 72.1 Å². The van der Waals surface area contributed by atoms with Gasteiger partial charge in [0.2, 0.25) is 11.8 Å². The second-order valence-corrected chi connectivity index (χ2v) is 8.14. The Morgan fingerprint density at radius 1 is 1.26 bits per heavy atom. The van der Waals surface area contributed by atoms with Crippen LogP contribution in [0.5, 0.6) is 0 Å². The predicted octanol–water partition coefficient (Wildman–Crippen LogP) is 0.547. The molecule has 4 rings (SSSR count). The molecule has 0 aliphatic heterocycles. The lowest BCUT2D eigenvalue weighted by Crippen LogP contribution is -2.41. The van der Waals surface area contributed by atoms with Crippen molar-refractivity contribution in [1.29, 1.82) is 0 Å². The fourth-order valence-electron chi connectivity index (χ4n) is 3.55. The minimum absolute atomic E-state index is 0.0325. The van der Waals surface area contributed by atoms with Crippen molar-refractivity contribution in [3.05, 3.63) is 47.2 Å². The standard InChI is InChI=1S/C20H19B3ClN7O3/c21-22-23-28-11-4-7-13-14(8-11)31(29-19(13)20(25)34)10-18(33)30(12-5-6-12)9-17(32)27-16-3-1-2-15(24)26-16/h1-4,7-8,12,28H,5-6,9-10H2,(H2,25,34)(H,26,27,32). The molecule has 1 aromatic carbocycles. The van der Waals surface area contributed by atoms with Crippen LogP contribution < -0.4 is 16.3 Å². The summed E-state index contributed by atoms with van der Waals surface area (Å²) in [5.41, 5.74) is 6.78. The summed E-state index contributed by atoms with van der Waals surface area (Å²) in [5, 5.41) is 10.7. The fourth-order valence-corrected chi connectivity index (χ4v) is 3.72. The molecule has 14 heteroatoms. The van der Waals surface area contributed by atoms with Crippen molar-refractivity contribution in [2.45, 2.75) is 25.4 Å². The van der Waals surface area contributed by atoms with Crippen molar-refractivity contribution < 1.29 is 14.4 Å². The molecule has 1 aliphatic rings. The Kier molecular flexibility index (Phi) is 7.11. The van der Waals surface area contributed by atoms with Gasteiger partial charge in [-0.3, -0.25) is 19.1 Å². The van der Waals surface area contributed by atoms with Gasteiger partial charge in [-0.25, -0.2) is 4.98 Å². The third-order valence-electron chi connectivity index (χ3n) is 5.22. The van der Waals surface area contributed by atoms with Gasteiger partial charge in [0, 0.05) is 31.9 Å². The Balaban J connectivity index is 1.53. The van der Waals surface area contributed by atoms with Crippen molar-refractivity contribution >= 4 is 73.8 Å². The van der Waals surface area contributed by atoms with Gasteiger partial charge in [0.05, 0.1) is 5.52 Å². The van der Waals surface area contributed by atoms with Gasteiger partial charge in [-0.1, -0.05) is 17.7 Å². The van der Waals surface area contributed by atoms with Crippen LogP contribution in [0, 0.1) is 0 Å². The highest BCUT2D eigenvalue weighted by atomic mass is 35.5. The number of primary amides is 1. The molecule has 0 saturated heterocycles.